The summed E-state index contributed by atoms with van der Waals surface area (Å²) in [4.78, 5) is 25.3. The van der Waals surface area contributed by atoms with Gasteiger partial charge in [-0.25, -0.2) is 18.9 Å². The number of nitrogens with zero attached hydrogens (tertiary/aromatic N) is 5. The van der Waals surface area contributed by atoms with Gasteiger partial charge < -0.3 is 14.9 Å². The third-order valence-electron chi connectivity index (χ3n) is 5.91. The van der Waals surface area contributed by atoms with E-state index in [0.29, 0.717) is 42.1 Å². The Morgan fingerprint density at radius 1 is 1.11 bits per heavy atom. The highest BCUT2D eigenvalue weighted by molar-refractivity contribution is 5.78. The Morgan fingerprint density at radius 3 is 2.42 bits per heavy atom. The van der Waals surface area contributed by atoms with Gasteiger partial charge in [0.15, 0.2) is 0 Å². The molecule has 14 heteroatoms. The number of alkyl halides is 3. The lowest BCUT2D eigenvalue weighted by atomic mass is 9.83. The molecule has 38 heavy (non-hydrogen) atoms. The highest BCUT2D eigenvalue weighted by Gasteiger charge is 2.43. The monoisotopic (exact) mass is 535 g/mol. The van der Waals surface area contributed by atoms with Gasteiger partial charge in [0.2, 0.25) is 0 Å². The zero-order valence-corrected chi connectivity index (χ0v) is 19.6. The molecular formula is C24H21F4N5O5. The number of para-hydroxylation sites is 1. The first-order valence-electron chi connectivity index (χ1n) is 11.2. The van der Waals surface area contributed by atoms with Crippen LogP contribution in [0.25, 0.3) is 16.7 Å². The second-order valence-electron chi connectivity index (χ2n) is 8.61. The first kappa shape index (κ1) is 26.7. The molecule has 10 nitrogen and oxygen atoms in total. The largest absolute Gasteiger partial charge is 0.490 e. The summed E-state index contributed by atoms with van der Waals surface area (Å²) in [5.74, 6) is -3.31. The normalized spacial score (nSPS) is 17.3. The quantitative estimate of drug-likeness (QED) is 0.359. The van der Waals surface area contributed by atoms with Crippen LogP contribution in [-0.4, -0.2) is 66.1 Å². The number of fused-ring (bicyclic) bond motifs is 1. The van der Waals surface area contributed by atoms with E-state index in [1.807, 2.05) is 34.9 Å². The molecule has 3 heterocycles. The highest BCUT2D eigenvalue weighted by Crippen LogP contribution is 2.32. The molecule has 4 aromatic rings. The Balaban J connectivity index is 0.000000426. The summed E-state index contributed by atoms with van der Waals surface area (Å²) in [6, 6.07) is 14.1. The van der Waals surface area contributed by atoms with E-state index in [1.54, 1.807) is 16.9 Å². The zero-order valence-electron chi connectivity index (χ0n) is 19.6. The number of aromatic nitrogens is 5. The smallest absolute Gasteiger partial charge is 0.481 e. The van der Waals surface area contributed by atoms with Crippen molar-refractivity contribution in [1.82, 2.24) is 24.5 Å². The van der Waals surface area contributed by atoms with Gasteiger partial charge in [-0.2, -0.15) is 13.2 Å². The molecule has 1 unspecified atom stereocenters. The van der Waals surface area contributed by atoms with Crippen LogP contribution in [0.2, 0.25) is 0 Å². The van der Waals surface area contributed by atoms with E-state index in [4.69, 9.17) is 14.6 Å². The molecular weight excluding hydrogens is 514 g/mol. The van der Waals surface area contributed by atoms with Crippen LogP contribution in [0.3, 0.4) is 0 Å². The number of imidazole rings is 1. The molecule has 0 amide bonds. The molecule has 200 valence electrons. The second-order valence-corrected chi connectivity index (χ2v) is 8.61. The molecule has 0 radical (unpaired) electrons. The molecule has 0 saturated carbocycles. The maximum absolute atomic E-state index is 13.9. The number of benzene rings is 2. The van der Waals surface area contributed by atoms with E-state index in [1.165, 1.54) is 12.1 Å². The fourth-order valence-corrected chi connectivity index (χ4v) is 4.05. The Labute approximate surface area is 212 Å². The summed E-state index contributed by atoms with van der Waals surface area (Å²) >= 11 is 0. The van der Waals surface area contributed by atoms with E-state index < -0.39 is 23.5 Å². The van der Waals surface area contributed by atoms with E-state index in [0.717, 1.165) is 5.69 Å². The maximum Gasteiger partial charge on any atom is 0.490 e. The minimum atomic E-state index is -5.08. The van der Waals surface area contributed by atoms with Gasteiger partial charge in [0, 0.05) is 31.0 Å². The average molecular weight is 535 g/mol. The minimum Gasteiger partial charge on any atom is -0.481 e. The molecule has 2 N–H and O–H groups in total. The third-order valence-corrected chi connectivity index (χ3v) is 5.91. The van der Waals surface area contributed by atoms with Crippen molar-refractivity contribution in [2.75, 3.05) is 13.2 Å². The predicted molar refractivity (Wildman–Crippen MR) is 123 cm³/mol. The first-order valence-corrected chi connectivity index (χ1v) is 11.2. The second kappa shape index (κ2) is 10.6. The van der Waals surface area contributed by atoms with Gasteiger partial charge in [-0.15, -0.1) is 5.10 Å². The molecule has 2 aromatic carbocycles. The lowest BCUT2D eigenvalue weighted by Gasteiger charge is -2.20. The number of hydrogen-bond acceptors (Lipinski definition) is 6. The van der Waals surface area contributed by atoms with Crippen molar-refractivity contribution < 1.29 is 42.1 Å². The van der Waals surface area contributed by atoms with Crippen molar-refractivity contribution in [2.24, 2.45) is 5.41 Å². The molecule has 1 aliphatic heterocycles. The standard InChI is InChI=1S/C22H20FN5O3.C2HF3O2/c23-15-6-7-18-19(10-15)28(17-4-2-1-3-5-17)20(24-18)13-27-12-16(25-26-27)11-22(21(29)30)8-9-31-14-22;3-2(4,5)1(6)7/h1-7,10,12H,8-9,11,13-14H2,(H,29,30);(H,6,7). The number of hydrogen-bond donors (Lipinski definition) is 2. The average Bonchev–Trinajstić information content (AvgIpc) is 3.59. The van der Waals surface area contributed by atoms with Gasteiger partial charge >= 0.3 is 18.1 Å². The Hall–Kier alpha value is -4.33. The van der Waals surface area contributed by atoms with Crippen molar-refractivity contribution in [2.45, 2.75) is 25.6 Å². The van der Waals surface area contributed by atoms with Crippen LogP contribution in [0.1, 0.15) is 17.9 Å². The van der Waals surface area contributed by atoms with Gasteiger partial charge in [-0.05, 0) is 30.7 Å². The van der Waals surface area contributed by atoms with Gasteiger partial charge in [0.05, 0.1) is 28.7 Å². The summed E-state index contributed by atoms with van der Waals surface area (Å²) in [5, 5.41) is 25.1. The molecule has 0 bridgehead atoms. The molecule has 1 fully saturated rings. The number of halogens is 4. The fraction of sp³-hybridized carbons (Fsp3) is 0.292. The molecule has 5 rings (SSSR count). The highest BCUT2D eigenvalue weighted by atomic mass is 19.4. The van der Waals surface area contributed by atoms with E-state index in [-0.39, 0.29) is 18.8 Å². The van der Waals surface area contributed by atoms with Crippen molar-refractivity contribution in [3.8, 4) is 5.69 Å². The summed E-state index contributed by atoms with van der Waals surface area (Å²) in [7, 11) is 0. The van der Waals surface area contributed by atoms with Crippen LogP contribution in [0.15, 0.2) is 54.7 Å². The molecule has 2 aromatic heterocycles. The van der Waals surface area contributed by atoms with Crippen LogP contribution < -0.4 is 0 Å². The minimum absolute atomic E-state index is 0.171. The predicted octanol–water partition coefficient (Wildman–Crippen LogP) is 3.47. The summed E-state index contributed by atoms with van der Waals surface area (Å²) in [6.45, 7) is 0.900. The number of carboxylic acid groups (broad SMARTS) is 2. The van der Waals surface area contributed by atoms with Crippen molar-refractivity contribution >= 4 is 23.0 Å². The number of ether oxygens (including phenoxy) is 1. The van der Waals surface area contributed by atoms with Crippen LogP contribution >= 0.6 is 0 Å². The van der Waals surface area contributed by atoms with Crippen LogP contribution in [-0.2, 0) is 27.3 Å². The Morgan fingerprint density at radius 2 is 1.82 bits per heavy atom. The summed E-state index contributed by atoms with van der Waals surface area (Å²) < 4.78 is 54.5. The Bertz CT molecular complexity index is 1450. The van der Waals surface area contributed by atoms with Crippen molar-refractivity contribution in [1.29, 1.82) is 0 Å². The molecule has 1 aliphatic rings. The SMILES string of the molecule is O=C(O)C(F)(F)F.O=C(O)C1(Cc2cn(Cc3nc4ccc(F)cc4n3-c3ccccc3)nn2)CCOC1. The van der Waals surface area contributed by atoms with Crippen LogP contribution in [0.5, 0.6) is 0 Å². The zero-order chi connectivity index (χ0) is 27.5. The first-order chi connectivity index (χ1) is 18.0. The summed E-state index contributed by atoms with van der Waals surface area (Å²) in [6.07, 6.45) is -2.65. The molecule has 0 aliphatic carbocycles. The third kappa shape index (κ3) is 5.80. The number of rotatable bonds is 6. The van der Waals surface area contributed by atoms with Crippen LogP contribution in [0.4, 0.5) is 17.6 Å². The Kier molecular flexibility index (Phi) is 7.44. The van der Waals surface area contributed by atoms with Crippen molar-refractivity contribution in [3.63, 3.8) is 0 Å². The number of carbonyl (C=O) groups is 2. The van der Waals surface area contributed by atoms with Gasteiger partial charge in [-0.3, -0.25) is 9.36 Å². The van der Waals surface area contributed by atoms with E-state index >= 15 is 0 Å². The lowest BCUT2D eigenvalue weighted by Crippen LogP contribution is -2.34. The maximum atomic E-state index is 13.9. The van der Waals surface area contributed by atoms with Gasteiger partial charge in [0.1, 0.15) is 18.2 Å². The lowest BCUT2D eigenvalue weighted by molar-refractivity contribution is -0.192. The van der Waals surface area contributed by atoms with Gasteiger partial charge in [-0.1, -0.05) is 23.4 Å². The topological polar surface area (TPSA) is 132 Å². The van der Waals surface area contributed by atoms with Crippen LogP contribution in [0, 0.1) is 11.2 Å². The molecule has 1 saturated heterocycles. The van der Waals surface area contributed by atoms with Gasteiger partial charge in [0.25, 0.3) is 0 Å². The summed E-state index contributed by atoms with van der Waals surface area (Å²) in [5.41, 5.74) is 1.82. The number of carboxylic acids is 2. The van der Waals surface area contributed by atoms with E-state index in [9.17, 15) is 27.5 Å². The molecule has 1 atom stereocenters. The fourth-order valence-electron chi connectivity index (χ4n) is 4.05. The van der Waals surface area contributed by atoms with Crippen molar-refractivity contribution in [3.05, 3.63) is 72.1 Å². The van der Waals surface area contributed by atoms with E-state index in [2.05, 4.69) is 15.3 Å². The molecule has 0 spiro atoms. The number of aliphatic carboxylic acids is 2.